The molecule has 0 aromatic heterocycles. The first-order valence-corrected chi connectivity index (χ1v) is 0.813. The van der Waals surface area contributed by atoms with Crippen molar-refractivity contribution in [2.24, 2.45) is 0 Å². The SMILES string of the molecule is [CH2]OC=N. The van der Waals surface area contributed by atoms with Gasteiger partial charge in [-0.25, -0.2) is 0 Å². The highest BCUT2D eigenvalue weighted by atomic mass is 16.5. The highest BCUT2D eigenvalue weighted by Gasteiger charge is 1.39. The van der Waals surface area contributed by atoms with E-state index in [0.717, 1.165) is 6.40 Å². The number of nitrogens with one attached hydrogen (secondary N) is 1. The molecule has 23 valence electrons. The summed E-state index contributed by atoms with van der Waals surface area (Å²) in [7, 11) is 2.86. The number of hydrogen-bond acceptors (Lipinski definition) is 2. The second kappa shape index (κ2) is 2.47. The Kier molecular flexibility index (Phi) is 2.14. The van der Waals surface area contributed by atoms with Crippen molar-refractivity contribution in [3.8, 4) is 0 Å². The van der Waals surface area contributed by atoms with Crippen LogP contribution in [0.5, 0.6) is 0 Å². The fourth-order valence-electron chi connectivity index (χ4n) is 0. The average Bonchev–Trinajstić information content (AvgIpc) is 1.37. The lowest BCUT2D eigenvalue weighted by molar-refractivity contribution is 0.481. The number of hydrogen-bond donors (Lipinski definition) is 1. The fraction of sp³-hybridized carbons (Fsp3) is 0. The maximum atomic E-state index is 6.04. The largest absolute Gasteiger partial charge is 0.480 e. The Hall–Kier alpha value is -0.530. The fourth-order valence-corrected chi connectivity index (χ4v) is 0. The van der Waals surface area contributed by atoms with E-state index in [-0.39, 0.29) is 0 Å². The van der Waals surface area contributed by atoms with E-state index in [4.69, 9.17) is 5.41 Å². The maximum absolute atomic E-state index is 6.04. The average molecular weight is 58.1 g/mol. The van der Waals surface area contributed by atoms with Crippen molar-refractivity contribution in [2.75, 3.05) is 0 Å². The lowest BCUT2D eigenvalue weighted by atomic mass is 11.5. The zero-order valence-electron chi connectivity index (χ0n) is 2.19. The molecule has 0 aliphatic rings. The molecule has 0 amide bonds. The molecular formula is C2H4NO. The normalized spacial score (nSPS) is 5.25. The molecule has 0 spiro atoms. The van der Waals surface area contributed by atoms with Crippen LogP contribution in [0.15, 0.2) is 0 Å². The third-order valence-electron chi connectivity index (χ3n) is 0.0833. The summed E-state index contributed by atoms with van der Waals surface area (Å²) in [5.74, 6) is 0. The summed E-state index contributed by atoms with van der Waals surface area (Å²) in [5, 5.41) is 6.04. The molecule has 1 N–H and O–H groups in total. The Morgan fingerprint density at radius 2 is 2.25 bits per heavy atom. The van der Waals surface area contributed by atoms with E-state index in [0.29, 0.717) is 0 Å². The molecule has 2 heteroatoms. The van der Waals surface area contributed by atoms with Crippen LogP contribution in [0, 0.1) is 12.5 Å². The van der Waals surface area contributed by atoms with Crippen molar-refractivity contribution >= 4 is 6.40 Å². The third kappa shape index (κ3) is 1.47. The Morgan fingerprint density at radius 3 is 2.25 bits per heavy atom. The summed E-state index contributed by atoms with van der Waals surface area (Å²) in [5.41, 5.74) is 0. The van der Waals surface area contributed by atoms with Crippen molar-refractivity contribution in [1.29, 1.82) is 5.41 Å². The van der Waals surface area contributed by atoms with Gasteiger partial charge in [0.1, 0.15) is 7.11 Å². The van der Waals surface area contributed by atoms with Gasteiger partial charge in [-0.2, -0.15) is 0 Å². The molecule has 0 aliphatic heterocycles. The topological polar surface area (TPSA) is 33.1 Å². The summed E-state index contributed by atoms with van der Waals surface area (Å²) < 4.78 is 3.83. The van der Waals surface area contributed by atoms with Crippen LogP contribution in [0.2, 0.25) is 0 Å². The van der Waals surface area contributed by atoms with Gasteiger partial charge in [0.05, 0.1) is 0 Å². The van der Waals surface area contributed by atoms with E-state index in [1.165, 1.54) is 0 Å². The van der Waals surface area contributed by atoms with Crippen LogP contribution in [0.3, 0.4) is 0 Å². The molecular weight excluding hydrogens is 54.0 g/mol. The first kappa shape index (κ1) is 3.47. The van der Waals surface area contributed by atoms with Crippen LogP contribution in [0.4, 0.5) is 0 Å². The van der Waals surface area contributed by atoms with Crippen LogP contribution < -0.4 is 0 Å². The minimum Gasteiger partial charge on any atom is -0.480 e. The van der Waals surface area contributed by atoms with Gasteiger partial charge in [0.2, 0.25) is 0 Å². The van der Waals surface area contributed by atoms with Crippen molar-refractivity contribution in [2.45, 2.75) is 0 Å². The van der Waals surface area contributed by atoms with Crippen LogP contribution in [0.1, 0.15) is 0 Å². The summed E-state index contributed by atoms with van der Waals surface area (Å²) in [6, 6.07) is 0. The van der Waals surface area contributed by atoms with Crippen molar-refractivity contribution in [3.05, 3.63) is 7.11 Å². The minimum atomic E-state index is 0.764. The van der Waals surface area contributed by atoms with Crippen LogP contribution in [-0.2, 0) is 4.74 Å². The molecule has 0 heterocycles. The zero-order valence-corrected chi connectivity index (χ0v) is 2.19. The first-order valence-electron chi connectivity index (χ1n) is 0.813. The van der Waals surface area contributed by atoms with Crippen molar-refractivity contribution in [3.63, 3.8) is 0 Å². The molecule has 0 atom stereocenters. The first-order chi connectivity index (χ1) is 1.91. The molecule has 0 aliphatic carbocycles. The molecule has 0 saturated heterocycles. The number of ether oxygens (including phenoxy) is 1. The molecule has 4 heavy (non-hydrogen) atoms. The summed E-state index contributed by atoms with van der Waals surface area (Å²) in [6.45, 7) is 0. The van der Waals surface area contributed by atoms with E-state index in [1.807, 2.05) is 0 Å². The minimum absolute atomic E-state index is 0.764. The van der Waals surface area contributed by atoms with Gasteiger partial charge in [0.25, 0.3) is 0 Å². The van der Waals surface area contributed by atoms with Gasteiger partial charge in [-0.05, 0) is 0 Å². The van der Waals surface area contributed by atoms with E-state index >= 15 is 0 Å². The highest BCUT2D eigenvalue weighted by Crippen LogP contribution is 1.43. The van der Waals surface area contributed by atoms with E-state index in [1.54, 1.807) is 0 Å². The molecule has 0 unspecified atom stereocenters. The molecule has 0 bridgehead atoms. The van der Waals surface area contributed by atoms with Crippen LogP contribution >= 0.6 is 0 Å². The van der Waals surface area contributed by atoms with E-state index < -0.39 is 0 Å². The highest BCUT2D eigenvalue weighted by molar-refractivity contribution is 5.40. The van der Waals surface area contributed by atoms with E-state index in [9.17, 15) is 0 Å². The maximum Gasteiger partial charge on any atom is 0.166 e. The lowest BCUT2D eigenvalue weighted by Crippen LogP contribution is -1.62. The van der Waals surface area contributed by atoms with Gasteiger partial charge in [0.15, 0.2) is 6.40 Å². The molecule has 1 radical (unpaired) electrons. The summed E-state index contributed by atoms with van der Waals surface area (Å²) >= 11 is 0. The predicted molar refractivity (Wildman–Crippen MR) is 15.2 cm³/mol. The van der Waals surface area contributed by atoms with E-state index in [2.05, 4.69) is 11.8 Å². The standard InChI is InChI=1S/C2H4NO/c1-4-2-3/h2-3H,1H2. The molecule has 0 saturated carbocycles. The van der Waals surface area contributed by atoms with Crippen LogP contribution in [0.25, 0.3) is 0 Å². The van der Waals surface area contributed by atoms with Gasteiger partial charge < -0.3 is 4.74 Å². The van der Waals surface area contributed by atoms with Crippen molar-refractivity contribution in [1.82, 2.24) is 0 Å². The van der Waals surface area contributed by atoms with Gasteiger partial charge >= 0.3 is 0 Å². The Labute approximate surface area is 24.9 Å². The van der Waals surface area contributed by atoms with Crippen LogP contribution in [-0.4, -0.2) is 6.40 Å². The quantitative estimate of drug-likeness (QED) is 0.343. The van der Waals surface area contributed by atoms with Gasteiger partial charge in [0, 0.05) is 0 Å². The van der Waals surface area contributed by atoms with Gasteiger partial charge in [-0.15, -0.1) is 0 Å². The third-order valence-corrected chi connectivity index (χ3v) is 0.0833. The molecule has 0 rings (SSSR count). The predicted octanol–water partition coefficient (Wildman–Crippen LogP) is 0.402. The smallest absolute Gasteiger partial charge is 0.166 e. The Bertz CT molecular complexity index is 20.0. The van der Waals surface area contributed by atoms with Crippen molar-refractivity contribution < 1.29 is 4.74 Å². The monoisotopic (exact) mass is 58.0 g/mol. The van der Waals surface area contributed by atoms with Gasteiger partial charge in [-0.1, -0.05) is 0 Å². The summed E-state index contributed by atoms with van der Waals surface area (Å²) in [6.07, 6.45) is 0.764. The second-order valence-electron chi connectivity index (χ2n) is 0.285. The molecule has 0 aromatic carbocycles. The Morgan fingerprint density at radius 1 is 2.00 bits per heavy atom. The lowest BCUT2D eigenvalue weighted by Gasteiger charge is -1.69. The zero-order chi connectivity index (χ0) is 3.41. The number of rotatable bonds is 1. The summed E-state index contributed by atoms with van der Waals surface area (Å²) in [4.78, 5) is 0. The second-order valence-corrected chi connectivity index (χ2v) is 0.285. The Balaban J connectivity index is 2.30. The molecule has 0 fully saturated rings. The van der Waals surface area contributed by atoms with Gasteiger partial charge in [-0.3, -0.25) is 5.41 Å². The molecule has 0 aromatic rings. The molecule has 2 nitrogen and oxygen atoms in total.